The van der Waals surface area contributed by atoms with Gasteiger partial charge in [-0.05, 0) is 49.1 Å². The second-order valence-electron chi connectivity index (χ2n) is 9.74. The molecule has 0 amide bonds. The Morgan fingerprint density at radius 1 is 0.778 bits per heavy atom. The highest BCUT2D eigenvalue weighted by Crippen LogP contribution is 2.42. The summed E-state index contributed by atoms with van der Waals surface area (Å²) in [5.74, 6) is 0. The van der Waals surface area contributed by atoms with Crippen molar-refractivity contribution in [1.82, 2.24) is 9.88 Å². The molecule has 5 rings (SSSR count). The third-order valence-electron chi connectivity index (χ3n) is 6.95. The molecule has 36 heavy (non-hydrogen) atoms. The van der Waals surface area contributed by atoms with Gasteiger partial charge in [-0.25, -0.2) is 0 Å². The van der Waals surface area contributed by atoms with Crippen LogP contribution in [-0.4, -0.2) is 22.3 Å². The van der Waals surface area contributed by atoms with Crippen LogP contribution in [0.2, 0.25) is 0 Å². The van der Waals surface area contributed by atoms with Crippen molar-refractivity contribution in [3.63, 3.8) is 0 Å². The zero-order valence-corrected chi connectivity index (χ0v) is 21.3. The highest BCUT2D eigenvalue weighted by molar-refractivity contribution is 6.06. The fourth-order valence-electron chi connectivity index (χ4n) is 5.31. The zero-order chi connectivity index (χ0) is 25.1. The molecule has 2 N–H and O–H groups in total. The topological polar surface area (TPSA) is 37.2 Å². The van der Waals surface area contributed by atoms with Crippen molar-refractivity contribution in [1.29, 1.82) is 0 Å². The Kier molecular flexibility index (Phi) is 7.04. The van der Waals surface area contributed by atoms with Crippen molar-refractivity contribution in [2.45, 2.75) is 39.5 Å². The number of aliphatic hydroxyl groups excluding tert-OH is 1. The van der Waals surface area contributed by atoms with Gasteiger partial charge in [0.1, 0.15) is 0 Å². The van der Waals surface area contributed by atoms with Gasteiger partial charge in [-0.15, -0.1) is 0 Å². The second-order valence-corrected chi connectivity index (χ2v) is 9.74. The maximum Gasteiger partial charge on any atom is 0.0843 e. The molecule has 0 spiro atoms. The van der Waals surface area contributed by atoms with Gasteiger partial charge in [0.15, 0.2) is 0 Å². The first-order chi connectivity index (χ1) is 17.5. The summed E-state index contributed by atoms with van der Waals surface area (Å²) in [6.07, 6.45) is -0.543. The number of aryl methyl sites for hydroxylation is 2. The van der Waals surface area contributed by atoms with Crippen LogP contribution in [0.3, 0.4) is 0 Å². The third kappa shape index (κ3) is 4.86. The second kappa shape index (κ2) is 10.5. The lowest BCUT2D eigenvalue weighted by molar-refractivity contribution is 0.150. The molecule has 5 aromatic rings. The maximum atomic E-state index is 11.3. The minimum absolute atomic E-state index is 0.167. The summed E-state index contributed by atoms with van der Waals surface area (Å²) >= 11 is 0. The van der Waals surface area contributed by atoms with Crippen LogP contribution in [-0.2, 0) is 6.54 Å². The summed E-state index contributed by atoms with van der Waals surface area (Å²) in [6.45, 7) is 7.49. The predicted octanol–water partition coefficient (Wildman–Crippen LogP) is 7.30. The van der Waals surface area contributed by atoms with Crippen molar-refractivity contribution >= 4 is 10.9 Å². The minimum Gasteiger partial charge on any atom is -0.390 e. The molecule has 0 aliphatic rings. The van der Waals surface area contributed by atoms with E-state index in [4.69, 9.17) is 0 Å². The highest BCUT2D eigenvalue weighted by Gasteiger charge is 2.23. The molecular formula is C33H34N2O. The van der Waals surface area contributed by atoms with Crippen LogP contribution in [0.4, 0.5) is 0 Å². The van der Waals surface area contributed by atoms with E-state index in [1.165, 1.54) is 38.7 Å². The first-order valence-electron chi connectivity index (χ1n) is 12.7. The Bertz CT molecular complexity index is 1440. The average molecular weight is 475 g/mol. The Morgan fingerprint density at radius 2 is 1.36 bits per heavy atom. The molecule has 0 saturated carbocycles. The van der Waals surface area contributed by atoms with E-state index in [-0.39, 0.29) is 6.04 Å². The van der Waals surface area contributed by atoms with E-state index < -0.39 is 6.10 Å². The van der Waals surface area contributed by atoms with Crippen molar-refractivity contribution in [2.24, 2.45) is 0 Å². The van der Waals surface area contributed by atoms with E-state index in [2.05, 4.69) is 128 Å². The SMILES string of the molecule is Cc1cc(C)c2c(c1)c(-c1ccccc1)c(-c1ccccc1)n2C[C@H](O)CN[C@H](C)c1ccccc1. The van der Waals surface area contributed by atoms with E-state index in [1.54, 1.807) is 0 Å². The molecule has 0 fully saturated rings. The van der Waals surface area contributed by atoms with E-state index >= 15 is 0 Å². The van der Waals surface area contributed by atoms with Crippen molar-refractivity contribution in [3.05, 3.63) is 120 Å². The van der Waals surface area contributed by atoms with E-state index in [9.17, 15) is 5.11 Å². The van der Waals surface area contributed by atoms with E-state index in [0.29, 0.717) is 13.1 Å². The largest absolute Gasteiger partial charge is 0.390 e. The number of nitrogens with one attached hydrogen (secondary N) is 1. The number of nitrogens with zero attached hydrogens (tertiary/aromatic N) is 1. The predicted molar refractivity (Wildman–Crippen MR) is 151 cm³/mol. The molecule has 1 aromatic heterocycles. The summed E-state index contributed by atoms with van der Waals surface area (Å²) in [7, 11) is 0. The summed E-state index contributed by atoms with van der Waals surface area (Å²) < 4.78 is 2.33. The number of aliphatic hydroxyl groups is 1. The summed E-state index contributed by atoms with van der Waals surface area (Å²) in [5.41, 5.74) is 9.60. The average Bonchev–Trinajstić information content (AvgIpc) is 3.22. The lowest BCUT2D eigenvalue weighted by atomic mass is 9.97. The summed E-state index contributed by atoms with van der Waals surface area (Å²) in [6, 6.07) is 36.3. The number of fused-ring (bicyclic) bond motifs is 1. The van der Waals surface area contributed by atoms with E-state index in [0.717, 1.165) is 11.3 Å². The summed E-state index contributed by atoms with van der Waals surface area (Å²) in [5, 5.41) is 16.0. The number of aromatic nitrogens is 1. The van der Waals surface area contributed by atoms with E-state index in [1.807, 2.05) is 6.07 Å². The van der Waals surface area contributed by atoms with Gasteiger partial charge in [0, 0.05) is 23.5 Å². The van der Waals surface area contributed by atoms with Gasteiger partial charge < -0.3 is 15.0 Å². The van der Waals surface area contributed by atoms with Crippen LogP contribution < -0.4 is 5.32 Å². The molecule has 0 saturated heterocycles. The molecule has 0 radical (unpaired) electrons. The van der Waals surface area contributed by atoms with Gasteiger partial charge in [-0.2, -0.15) is 0 Å². The van der Waals surface area contributed by atoms with Gasteiger partial charge >= 0.3 is 0 Å². The molecular weight excluding hydrogens is 440 g/mol. The third-order valence-corrected chi connectivity index (χ3v) is 6.95. The molecule has 0 unspecified atom stereocenters. The molecule has 3 nitrogen and oxygen atoms in total. The zero-order valence-electron chi connectivity index (χ0n) is 21.3. The van der Waals surface area contributed by atoms with Gasteiger partial charge in [-0.3, -0.25) is 0 Å². The van der Waals surface area contributed by atoms with Gasteiger partial charge in [0.05, 0.1) is 23.9 Å². The fraction of sp³-hybridized carbons (Fsp3) is 0.212. The first-order valence-corrected chi connectivity index (χ1v) is 12.7. The van der Waals surface area contributed by atoms with Gasteiger partial charge in [0.25, 0.3) is 0 Å². The lowest BCUT2D eigenvalue weighted by Crippen LogP contribution is -2.32. The lowest BCUT2D eigenvalue weighted by Gasteiger charge is -2.20. The number of hydrogen-bond donors (Lipinski definition) is 2. The monoisotopic (exact) mass is 474 g/mol. The normalized spacial score (nSPS) is 13.1. The number of rotatable bonds is 8. The number of hydrogen-bond acceptors (Lipinski definition) is 2. The number of benzene rings is 4. The van der Waals surface area contributed by atoms with Crippen LogP contribution in [0.5, 0.6) is 0 Å². The molecule has 0 bridgehead atoms. The molecule has 1 heterocycles. The van der Waals surface area contributed by atoms with Gasteiger partial charge in [0.2, 0.25) is 0 Å². The van der Waals surface area contributed by atoms with Crippen LogP contribution in [0.25, 0.3) is 33.3 Å². The standard InChI is InChI=1S/C33H34N2O/c1-23-19-24(2)32-30(20-23)31(27-15-9-5-10-16-27)33(28-17-11-6-12-18-28)35(32)22-29(36)21-34-25(3)26-13-7-4-8-14-26/h4-20,25,29,34,36H,21-22H2,1-3H3/t25-,29-/m1/s1. The molecule has 4 aromatic carbocycles. The molecule has 2 atom stereocenters. The smallest absolute Gasteiger partial charge is 0.0843 e. The first kappa shape index (κ1) is 24.1. The van der Waals surface area contributed by atoms with Crippen molar-refractivity contribution in [2.75, 3.05) is 6.54 Å². The minimum atomic E-state index is -0.543. The maximum absolute atomic E-state index is 11.3. The summed E-state index contributed by atoms with van der Waals surface area (Å²) in [4.78, 5) is 0. The highest BCUT2D eigenvalue weighted by atomic mass is 16.3. The quantitative estimate of drug-likeness (QED) is 0.247. The Labute approximate surface area is 214 Å². The van der Waals surface area contributed by atoms with Crippen LogP contribution >= 0.6 is 0 Å². The molecule has 182 valence electrons. The van der Waals surface area contributed by atoms with Gasteiger partial charge in [-0.1, -0.05) is 103 Å². The van der Waals surface area contributed by atoms with Crippen molar-refractivity contribution in [3.8, 4) is 22.4 Å². The van der Waals surface area contributed by atoms with Crippen LogP contribution in [0.1, 0.15) is 29.7 Å². The Hall–Kier alpha value is -3.66. The molecule has 3 heteroatoms. The van der Waals surface area contributed by atoms with Crippen LogP contribution in [0.15, 0.2) is 103 Å². The van der Waals surface area contributed by atoms with Crippen molar-refractivity contribution < 1.29 is 5.11 Å². The molecule has 0 aliphatic heterocycles. The van der Waals surface area contributed by atoms with Crippen LogP contribution in [0, 0.1) is 13.8 Å². The Balaban J connectivity index is 1.60. The Morgan fingerprint density at radius 3 is 2.00 bits per heavy atom. The molecule has 0 aliphatic carbocycles. The fourth-order valence-corrected chi connectivity index (χ4v) is 5.31.